The Balaban J connectivity index is 1.78. The predicted octanol–water partition coefficient (Wildman–Crippen LogP) is 2.21. The van der Waals surface area contributed by atoms with Gasteiger partial charge in [0.05, 0.1) is 17.5 Å². The Labute approximate surface area is 193 Å². The highest BCUT2D eigenvalue weighted by molar-refractivity contribution is 7.89. The summed E-state index contributed by atoms with van der Waals surface area (Å²) in [4.78, 5) is 27.4. The van der Waals surface area contributed by atoms with Gasteiger partial charge in [-0.3, -0.25) is 14.5 Å². The van der Waals surface area contributed by atoms with Gasteiger partial charge >= 0.3 is 0 Å². The number of ether oxygens (including phenoxy) is 1. The number of rotatable bonds is 10. The molecule has 2 N–H and O–H groups in total. The molecule has 0 bridgehead atoms. The number of halogens is 1. The number of hydrogen-bond acceptors (Lipinski definition) is 5. The molecular formula is C23H28FN3O5S. The maximum absolute atomic E-state index is 13.5. The lowest BCUT2D eigenvalue weighted by atomic mass is 10.1. The Morgan fingerprint density at radius 1 is 1.15 bits per heavy atom. The molecule has 2 aromatic rings. The lowest BCUT2D eigenvalue weighted by Crippen LogP contribution is -2.53. The Kier molecular flexibility index (Phi) is 8.54. The first-order chi connectivity index (χ1) is 15.8. The second-order valence-corrected chi connectivity index (χ2v) is 9.45. The van der Waals surface area contributed by atoms with E-state index in [0.29, 0.717) is 18.8 Å². The van der Waals surface area contributed by atoms with Crippen LogP contribution in [0.25, 0.3) is 0 Å². The van der Waals surface area contributed by atoms with E-state index in [1.54, 1.807) is 25.1 Å². The summed E-state index contributed by atoms with van der Waals surface area (Å²) < 4.78 is 46.4. The van der Waals surface area contributed by atoms with Gasteiger partial charge in [-0.1, -0.05) is 25.1 Å². The Bertz CT molecular complexity index is 1040. The Hall–Kier alpha value is -2.82. The van der Waals surface area contributed by atoms with Gasteiger partial charge < -0.3 is 10.1 Å². The predicted molar refractivity (Wildman–Crippen MR) is 122 cm³/mol. The zero-order valence-electron chi connectivity index (χ0n) is 18.4. The minimum absolute atomic E-state index is 0.0208. The number of amides is 2. The van der Waals surface area contributed by atoms with Gasteiger partial charge in [0.1, 0.15) is 11.9 Å². The summed E-state index contributed by atoms with van der Waals surface area (Å²) in [5.74, 6) is -1.52. The van der Waals surface area contributed by atoms with Crippen molar-refractivity contribution in [3.05, 3.63) is 60.4 Å². The van der Waals surface area contributed by atoms with E-state index < -0.39 is 40.2 Å². The fraction of sp³-hybridized carbons (Fsp3) is 0.391. The second kappa shape index (κ2) is 11.4. The van der Waals surface area contributed by atoms with E-state index in [0.717, 1.165) is 12.8 Å². The molecule has 1 aliphatic heterocycles. The molecule has 2 amide bonds. The second-order valence-electron chi connectivity index (χ2n) is 7.68. The van der Waals surface area contributed by atoms with E-state index >= 15 is 0 Å². The normalized spacial score (nSPS) is 16.8. The molecule has 1 heterocycles. The van der Waals surface area contributed by atoms with Crippen LogP contribution in [0.15, 0.2) is 59.5 Å². The first-order valence-corrected chi connectivity index (χ1v) is 12.3. The van der Waals surface area contributed by atoms with Crippen molar-refractivity contribution in [2.75, 3.05) is 24.6 Å². The molecule has 0 radical (unpaired) electrons. The van der Waals surface area contributed by atoms with Crippen LogP contribution in [0.4, 0.5) is 10.1 Å². The third-order valence-corrected chi connectivity index (χ3v) is 6.79. The zero-order valence-corrected chi connectivity index (χ0v) is 19.2. The number of nitrogens with one attached hydrogen (secondary N) is 2. The monoisotopic (exact) mass is 477 g/mol. The van der Waals surface area contributed by atoms with Crippen molar-refractivity contribution in [1.82, 2.24) is 10.0 Å². The van der Waals surface area contributed by atoms with E-state index in [-0.39, 0.29) is 17.4 Å². The number of carbonyl (C=O) groups is 2. The van der Waals surface area contributed by atoms with E-state index in [1.807, 2.05) is 0 Å². The molecule has 8 nitrogen and oxygen atoms in total. The van der Waals surface area contributed by atoms with E-state index in [9.17, 15) is 22.4 Å². The molecule has 1 saturated heterocycles. The van der Waals surface area contributed by atoms with Crippen LogP contribution in [0, 0.1) is 5.82 Å². The van der Waals surface area contributed by atoms with Gasteiger partial charge in [0, 0.05) is 18.8 Å². The van der Waals surface area contributed by atoms with E-state index in [4.69, 9.17) is 4.74 Å². The largest absolute Gasteiger partial charge is 0.376 e. The highest BCUT2D eigenvalue weighted by Crippen LogP contribution is 2.21. The van der Waals surface area contributed by atoms with Crippen molar-refractivity contribution in [2.45, 2.75) is 43.2 Å². The summed E-state index contributed by atoms with van der Waals surface area (Å²) in [5, 5.41) is 2.82. The lowest BCUT2D eigenvalue weighted by Gasteiger charge is -2.31. The summed E-state index contributed by atoms with van der Waals surface area (Å²) in [6.45, 7) is 2.15. The minimum Gasteiger partial charge on any atom is -0.376 e. The van der Waals surface area contributed by atoms with Gasteiger partial charge in [0.15, 0.2) is 0 Å². The summed E-state index contributed by atoms with van der Waals surface area (Å²) in [5.41, 5.74) is 0.291. The van der Waals surface area contributed by atoms with Crippen molar-refractivity contribution in [2.24, 2.45) is 0 Å². The summed E-state index contributed by atoms with van der Waals surface area (Å²) in [6.07, 6.45) is 1.98. The molecule has 2 atom stereocenters. The third kappa shape index (κ3) is 6.59. The fourth-order valence-electron chi connectivity index (χ4n) is 3.65. The van der Waals surface area contributed by atoms with Crippen molar-refractivity contribution in [3.8, 4) is 0 Å². The molecule has 2 aromatic carbocycles. The summed E-state index contributed by atoms with van der Waals surface area (Å²) >= 11 is 0. The SMILES string of the molecule is CC[C@@H](C(=O)NC[C@@H]1CCCO1)N(C(=O)CNS(=O)(=O)c1ccccc1)c1ccc(F)cc1. The first kappa shape index (κ1) is 24.8. The van der Waals surface area contributed by atoms with E-state index in [2.05, 4.69) is 10.0 Å². The topological polar surface area (TPSA) is 105 Å². The van der Waals surface area contributed by atoms with Gasteiger partial charge in [-0.25, -0.2) is 17.5 Å². The van der Waals surface area contributed by atoms with Gasteiger partial charge in [0.2, 0.25) is 21.8 Å². The smallest absolute Gasteiger partial charge is 0.243 e. The highest BCUT2D eigenvalue weighted by Gasteiger charge is 2.31. The molecule has 10 heteroatoms. The average Bonchev–Trinajstić information content (AvgIpc) is 3.34. The fourth-order valence-corrected chi connectivity index (χ4v) is 4.64. The quantitative estimate of drug-likeness (QED) is 0.546. The lowest BCUT2D eigenvalue weighted by molar-refractivity contribution is -0.126. The van der Waals surface area contributed by atoms with Crippen molar-refractivity contribution in [3.63, 3.8) is 0 Å². The van der Waals surface area contributed by atoms with E-state index in [1.165, 1.54) is 41.3 Å². The van der Waals surface area contributed by atoms with Crippen LogP contribution in [-0.2, 0) is 24.3 Å². The van der Waals surface area contributed by atoms with Crippen LogP contribution < -0.4 is 14.9 Å². The molecule has 0 spiro atoms. The standard InChI is InChI=1S/C23H28FN3O5S/c1-2-21(23(29)25-15-19-7-6-14-32-19)27(18-12-10-17(24)11-13-18)22(28)16-26-33(30,31)20-8-4-3-5-9-20/h3-5,8-13,19,21,26H,2,6-7,14-16H2,1H3,(H,25,29)/t19-,21-/m0/s1. The van der Waals surface area contributed by atoms with Gasteiger partial charge in [-0.2, -0.15) is 0 Å². The first-order valence-electron chi connectivity index (χ1n) is 10.8. The van der Waals surface area contributed by atoms with Crippen LogP contribution in [0.3, 0.4) is 0 Å². The van der Waals surface area contributed by atoms with Crippen LogP contribution in [0.2, 0.25) is 0 Å². The Morgan fingerprint density at radius 3 is 2.45 bits per heavy atom. The molecule has 33 heavy (non-hydrogen) atoms. The van der Waals surface area contributed by atoms with Gasteiger partial charge in [-0.05, 0) is 55.7 Å². The maximum Gasteiger partial charge on any atom is 0.243 e. The summed E-state index contributed by atoms with van der Waals surface area (Å²) in [6, 6.07) is 11.9. The Morgan fingerprint density at radius 2 is 1.85 bits per heavy atom. The number of benzene rings is 2. The molecule has 1 fully saturated rings. The number of sulfonamides is 1. The minimum atomic E-state index is -3.93. The maximum atomic E-state index is 13.5. The molecule has 0 unspecified atom stereocenters. The van der Waals surface area contributed by atoms with Crippen LogP contribution in [0.1, 0.15) is 26.2 Å². The van der Waals surface area contributed by atoms with Gasteiger partial charge in [0.25, 0.3) is 0 Å². The third-order valence-electron chi connectivity index (χ3n) is 5.37. The van der Waals surface area contributed by atoms with Crippen molar-refractivity contribution in [1.29, 1.82) is 0 Å². The molecule has 0 saturated carbocycles. The zero-order chi connectivity index (χ0) is 23.8. The number of carbonyl (C=O) groups excluding carboxylic acids is 2. The molecule has 0 aromatic heterocycles. The molecule has 0 aliphatic carbocycles. The number of anilines is 1. The van der Waals surface area contributed by atoms with Crippen LogP contribution in [-0.4, -0.2) is 52.1 Å². The van der Waals surface area contributed by atoms with Gasteiger partial charge in [-0.15, -0.1) is 0 Å². The molecule has 1 aliphatic rings. The molecule has 3 rings (SSSR count). The van der Waals surface area contributed by atoms with Crippen molar-refractivity contribution < 1.29 is 27.1 Å². The average molecular weight is 478 g/mol. The molecular weight excluding hydrogens is 449 g/mol. The number of hydrogen-bond donors (Lipinski definition) is 2. The molecule has 178 valence electrons. The van der Waals surface area contributed by atoms with Crippen molar-refractivity contribution >= 4 is 27.5 Å². The van der Waals surface area contributed by atoms with Crippen LogP contribution >= 0.6 is 0 Å². The number of nitrogens with zero attached hydrogens (tertiary/aromatic N) is 1. The summed E-state index contributed by atoms with van der Waals surface area (Å²) in [7, 11) is -3.93. The van der Waals surface area contributed by atoms with Crippen LogP contribution in [0.5, 0.6) is 0 Å². The highest BCUT2D eigenvalue weighted by atomic mass is 32.2.